The van der Waals surface area contributed by atoms with Crippen LogP contribution in [0.5, 0.6) is 5.75 Å². The topological polar surface area (TPSA) is 72.3 Å². The van der Waals surface area contributed by atoms with Crippen LogP contribution in [0.2, 0.25) is 0 Å². The summed E-state index contributed by atoms with van der Waals surface area (Å²) in [6.45, 7) is 0. The quantitative estimate of drug-likeness (QED) is 0.615. The molecule has 0 aliphatic heterocycles. The number of aromatic amines is 1. The van der Waals surface area contributed by atoms with Gasteiger partial charge >= 0.3 is 5.69 Å². The lowest BCUT2D eigenvalue weighted by atomic mass is 10.2. The van der Waals surface area contributed by atoms with Gasteiger partial charge in [0, 0.05) is 5.39 Å². The summed E-state index contributed by atoms with van der Waals surface area (Å²) in [5.41, 5.74) is 1.69. The van der Waals surface area contributed by atoms with Crippen LogP contribution in [0.3, 0.4) is 0 Å². The highest BCUT2D eigenvalue weighted by Crippen LogP contribution is 2.27. The van der Waals surface area contributed by atoms with Gasteiger partial charge in [-0.15, -0.1) is 5.10 Å². The van der Waals surface area contributed by atoms with E-state index in [9.17, 15) is 4.79 Å². The third-order valence-electron chi connectivity index (χ3n) is 3.56. The second kappa shape index (κ2) is 4.70. The lowest BCUT2D eigenvalue weighted by molar-refractivity contribution is 0.416. The monoisotopic (exact) mass is 292 g/mol. The first-order valence-corrected chi connectivity index (χ1v) is 6.79. The van der Waals surface area contributed by atoms with E-state index in [1.807, 2.05) is 48.5 Å². The van der Waals surface area contributed by atoms with E-state index in [0.717, 1.165) is 16.5 Å². The maximum atomic E-state index is 12.2. The lowest BCUT2D eigenvalue weighted by Crippen LogP contribution is -2.17. The molecule has 6 nitrogen and oxygen atoms in total. The molecule has 22 heavy (non-hydrogen) atoms. The number of ether oxygens (including phenoxy) is 1. The number of fused-ring (bicyclic) bond motifs is 3. The van der Waals surface area contributed by atoms with Crippen LogP contribution in [0.15, 0.2) is 53.3 Å². The Balaban J connectivity index is 2.08. The van der Waals surface area contributed by atoms with Crippen LogP contribution in [0.4, 0.5) is 0 Å². The van der Waals surface area contributed by atoms with Gasteiger partial charge in [0.2, 0.25) is 0 Å². The van der Waals surface area contributed by atoms with Gasteiger partial charge in [0.15, 0.2) is 11.5 Å². The van der Waals surface area contributed by atoms with Gasteiger partial charge in [-0.05, 0) is 24.3 Å². The molecule has 2 heterocycles. The molecule has 0 saturated heterocycles. The summed E-state index contributed by atoms with van der Waals surface area (Å²) in [6.07, 6.45) is 0. The predicted molar refractivity (Wildman–Crippen MR) is 83.1 cm³/mol. The Kier molecular flexibility index (Phi) is 2.69. The van der Waals surface area contributed by atoms with Gasteiger partial charge in [0.25, 0.3) is 0 Å². The highest BCUT2D eigenvalue weighted by Gasteiger charge is 2.14. The summed E-state index contributed by atoms with van der Waals surface area (Å²) in [5, 5.41) is 5.17. The minimum Gasteiger partial charge on any atom is -0.496 e. The molecule has 0 amide bonds. The van der Waals surface area contributed by atoms with E-state index in [2.05, 4.69) is 15.1 Å². The SMILES string of the molecule is COc1ccccc1-c1nc2c3ccccc3[nH]c(=O)n2n1. The molecular formula is C16H12N4O2. The minimum atomic E-state index is -0.317. The van der Waals surface area contributed by atoms with Crippen LogP contribution in [0.1, 0.15) is 0 Å². The molecule has 0 aliphatic carbocycles. The van der Waals surface area contributed by atoms with Gasteiger partial charge in [-0.1, -0.05) is 24.3 Å². The number of rotatable bonds is 2. The molecule has 0 saturated carbocycles. The first-order valence-electron chi connectivity index (χ1n) is 6.79. The van der Waals surface area contributed by atoms with Crippen molar-refractivity contribution in [2.75, 3.05) is 7.11 Å². The molecule has 0 unspecified atom stereocenters. The Bertz CT molecular complexity index is 1050. The zero-order valence-electron chi connectivity index (χ0n) is 11.8. The van der Waals surface area contributed by atoms with Crippen molar-refractivity contribution >= 4 is 16.6 Å². The van der Waals surface area contributed by atoms with Crippen molar-refractivity contribution < 1.29 is 4.74 Å². The zero-order valence-corrected chi connectivity index (χ0v) is 11.8. The summed E-state index contributed by atoms with van der Waals surface area (Å²) in [6, 6.07) is 15.0. The van der Waals surface area contributed by atoms with Crippen LogP contribution < -0.4 is 10.4 Å². The van der Waals surface area contributed by atoms with Crippen molar-refractivity contribution in [2.24, 2.45) is 0 Å². The number of hydrogen-bond acceptors (Lipinski definition) is 4. The first-order chi connectivity index (χ1) is 10.8. The number of methoxy groups -OCH3 is 1. The number of nitrogens with zero attached hydrogens (tertiary/aromatic N) is 3. The molecule has 4 rings (SSSR count). The zero-order chi connectivity index (χ0) is 15.1. The summed E-state index contributed by atoms with van der Waals surface area (Å²) in [4.78, 5) is 19.5. The second-order valence-corrected chi connectivity index (χ2v) is 4.85. The third kappa shape index (κ3) is 1.77. The number of hydrogen-bond donors (Lipinski definition) is 1. The maximum absolute atomic E-state index is 12.2. The fraction of sp³-hybridized carbons (Fsp3) is 0.0625. The molecule has 0 atom stereocenters. The Morgan fingerprint density at radius 1 is 1.09 bits per heavy atom. The van der Waals surface area contributed by atoms with Crippen molar-refractivity contribution in [1.82, 2.24) is 19.6 Å². The maximum Gasteiger partial charge on any atom is 0.348 e. The Morgan fingerprint density at radius 2 is 1.86 bits per heavy atom. The van der Waals surface area contributed by atoms with E-state index >= 15 is 0 Å². The van der Waals surface area contributed by atoms with E-state index in [-0.39, 0.29) is 5.69 Å². The molecule has 108 valence electrons. The van der Waals surface area contributed by atoms with Crippen LogP contribution in [0.25, 0.3) is 27.9 Å². The second-order valence-electron chi connectivity index (χ2n) is 4.85. The van der Waals surface area contributed by atoms with E-state index in [1.54, 1.807) is 7.11 Å². The van der Waals surface area contributed by atoms with Crippen molar-refractivity contribution in [3.8, 4) is 17.1 Å². The Labute approximate surface area is 125 Å². The van der Waals surface area contributed by atoms with Gasteiger partial charge in [0.1, 0.15) is 5.75 Å². The molecule has 4 aromatic rings. The Morgan fingerprint density at radius 3 is 2.73 bits per heavy atom. The number of aromatic nitrogens is 4. The molecule has 0 bridgehead atoms. The van der Waals surface area contributed by atoms with Crippen molar-refractivity contribution in [1.29, 1.82) is 0 Å². The summed E-state index contributed by atoms with van der Waals surface area (Å²) >= 11 is 0. The third-order valence-corrected chi connectivity index (χ3v) is 3.56. The molecule has 6 heteroatoms. The van der Waals surface area contributed by atoms with Gasteiger partial charge in [0.05, 0.1) is 18.2 Å². The number of para-hydroxylation sites is 2. The minimum absolute atomic E-state index is 0.317. The number of nitrogens with one attached hydrogen (secondary N) is 1. The van der Waals surface area contributed by atoms with E-state index < -0.39 is 0 Å². The summed E-state index contributed by atoms with van der Waals surface area (Å²) in [5.74, 6) is 1.12. The highest BCUT2D eigenvalue weighted by molar-refractivity contribution is 5.91. The van der Waals surface area contributed by atoms with Crippen LogP contribution in [-0.2, 0) is 0 Å². The van der Waals surface area contributed by atoms with Gasteiger partial charge < -0.3 is 9.72 Å². The lowest BCUT2D eigenvalue weighted by Gasteiger charge is -2.03. The molecule has 2 aromatic heterocycles. The van der Waals surface area contributed by atoms with E-state index in [4.69, 9.17) is 4.74 Å². The average molecular weight is 292 g/mol. The fourth-order valence-electron chi connectivity index (χ4n) is 2.53. The smallest absolute Gasteiger partial charge is 0.348 e. The standard InChI is InChI=1S/C16H12N4O2/c1-22-13-9-5-3-7-11(13)14-18-15-10-6-2-4-8-12(10)17-16(21)20(15)19-14/h2-9H,1H3,(H,17,21). The number of benzene rings is 2. The van der Waals surface area contributed by atoms with Gasteiger partial charge in [-0.25, -0.2) is 9.78 Å². The van der Waals surface area contributed by atoms with Gasteiger partial charge in [-0.2, -0.15) is 4.52 Å². The average Bonchev–Trinajstić information content (AvgIpc) is 3.01. The van der Waals surface area contributed by atoms with Crippen LogP contribution >= 0.6 is 0 Å². The largest absolute Gasteiger partial charge is 0.496 e. The molecule has 0 radical (unpaired) electrons. The number of H-pyrrole nitrogens is 1. The van der Waals surface area contributed by atoms with E-state index in [0.29, 0.717) is 17.2 Å². The molecule has 0 spiro atoms. The molecule has 0 fully saturated rings. The van der Waals surface area contributed by atoms with Crippen molar-refractivity contribution in [3.63, 3.8) is 0 Å². The molecular weight excluding hydrogens is 280 g/mol. The van der Waals surface area contributed by atoms with Crippen molar-refractivity contribution in [2.45, 2.75) is 0 Å². The first kappa shape index (κ1) is 12.6. The summed E-state index contributed by atoms with van der Waals surface area (Å²) in [7, 11) is 1.59. The Hall–Kier alpha value is -3.15. The van der Waals surface area contributed by atoms with Gasteiger partial charge in [-0.3, -0.25) is 0 Å². The van der Waals surface area contributed by atoms with E-state index in [1.165, 1.54) is 4.52 Å². The van der Waals surface area contributed by atoms with Crippen LogP contribution in [0, 0.1) is 0 Å². The molecule has 2 aromatic carbocycles. The van der Waals surface area contributed by atoms with Crippen LogP contribution in [-0.4, -0.2) is 26.7 Å². The highest BCUT2D eigenvalue weighted by atomic mass is 16.5. The normalized spacial score (nSPS) is 11.1. The van der Waals surface area contributed by atoms with Crippen molar-refractivity contribution in [3.05, 3.63) is 59.0 Å². The summed E-state index contributed by atoms with van der Waals surface area (Å²) < 4.78 is 6.62. The fourth-order valence-corrected chi connectivity index (χ4v) is 2.53. The predicted octanol–water partition coefficient (Wildman–Crippen LogP) is 2.25. The molecule has 0 aliphatic rings. The molecule has 1 N–H and O–H groups in total.